The van der Waals surface area contributed by atoms with E-state index in [1.165, 1.54) is 58.1 Å². The molecule has 2 aromatic heterocycles. The number of nitrogen functional groups attached to an aromatic ring is 1. The molecule has 0 radical (unpaired) electrons. The second kappa shape index (κ2) is 8.19. The Morgan fingerprint density at radius 3 is 2.29 bits per heavy atom. The van der Waals surface area contributed by atoms with E-state index in [9.17, 15) is 0 Å². The minimum absolute atomic E-state index is 0.852. The summed E-state index contributed by atoms with van der Waals surface area (Å²) >= 11 is 3.68. The van der Waals surface area contributed by atoms with Crippen LogP contribution in [0, 0.1) is 0 Å². The van der Waals surface area contributed by atoms with Crippen molar-refractivity contribution in [2.75, 3.05) is 5.73 Å². The Balaban J connectivity index is 1.35. The summed E-state index contributed by atoms with van der Waals surface area (Å²) in [6.07, 6.45) is 0. The standard InChI is InChI=1S/C31H22N2S2/c32-25-16-17-29-30(24-11-5-7-13-28(24)35-29)31(25)34-19-20-14-15-23-22-10-4-6-12-26(22)33(27(23)18-20)21-8-2-1-3-9-21/h1-18H,19,32H2. The predicted octanol–water partition coefficient (Wildman–Crippen LogP) is 9.03. The van der Waals surface area contributed by atoms with Crippen LogP contribution in [-0.2, 0) is 5.75 Å². The molecule has 2 nitrogen and oxygen atoms in total. The zero-order chi connectivity index (χ0) is 23.4. The lowest BCUT2D eigenvalue weighted by molar-refractivity contribution is 1.18. The first-order valence-electron chi connectivity index (χ1n) is 11.7. The summed E-state index contributed by atoms with van der Waals surface area (Å²) in [6.45, 7) is 0. The number of thioether (sulfide) groups is 1. The van der Waals surface area contributed by atoms with Crippen molar-refractivity contribution in [2.24, 2.45) is 0 Å². The van der Waals surface area contributed by atoms with E-state index in [1.807, 2.05) is 23.1 Å². The molecule has 7 rings (SSSR count). The van der Waals surface area contributed by atoms with E-state index >= 15 is 0 Å². The van der Waals surface area contributed by atoms with Crippen LogP contribution in [0.15, 0.2) is 114 Å². The zero-order valence-corrected chi connectivity index (χ0v) is 20.6. The monoisotopic (exact) mass is 486 g/mol. The van der Waals surface area contributed by atoms with Crippen molar-refractivity contribution in [1.29, 1.82) is 0 Å². The molecule has 2 heterocycles. The predicted molar refractivity (Wildman–Crippen MR) is 154 cm³/mol. The van der Waals surface area contributed by atoms with Gasteiger partial charge in [0.05, 0.1) is 11.0 Å². The molecule has 0 atom stereocenters. The minimum atomic E-state index is 0.852. The molecule has 4 heteroatoms. The smallest absolute Gasteiger partial charge is 0.0544 e. The van der Waals surface area contributed by atoms with Crippen molar-refractivity contribution >= 4 is 70.8 Å². The molecular formula is C31H22N2S2. The maximum absolute atomic E-state index is 6.52. The van der Waals surface area contributed by atoms with E-state index in [0.29, 0.717) is 0 Å². The number of fused-ring (bicyclic) bond motifs is 6. The largest absolute Gasteiger partial charge is 0.398 e. The second-order valence-electron chi connectivity index (χ2n) is 8.78. The van der Waals surface area contributed by atoms with Crippen molar-refractivity contribution in [3.05, 3.63) is 115 Å². The summed E-state index contributed by atoms with van der Waals surface area (Å²) in [6, 6.07) is 39.0. The SMILES string of the molecule is Nc1ccc2sc3ccccc3c2c1SCc1ccc2c3ccccc3n(-c3ccccc3)c2c1. The Hall–Kier alpha value is -3.73. The quantitative estimate of drug-likeness (QED) is 0.199. The van der Waals surface area contributed by atoms with Crippen LogP contribution in [0.2, 0.25) is 0 Å². The Morgan fingerprint density at radius 1 is 0.657 bits per heavy atom. The van der Waals surface area contributed by atoms with Crippen LogP contribution in [0.5, 0.6) is 0 Å². The van der Waals surface area contributed by atoms with Gasteiger partial charge in [-0.1, -0.05) is 66.7 Å². The second-order valence-corrected chi connectivity index (χ2v) is 10.9. The molecule has 5 aromatic carbocycles. The Labute approximate surface area is 211 Å². The normalized spacial score (nSPS) is 11.8. The Bertz CT molecular complexity index is 1860. The van der Waals surface area contributed by atoms with E-state index in [-0.39, 0.29) is 0 Å². The van der Waals surface area contributed by atoms with Gasteiger partial charge < -0.3 is 10.3 Å². The number of hydrogen-bond acceptors (Lipinski definition) is 3. The summed E-state index contributed by atoms with van der Waals surface area (Å²) in [5, 5.41) is 5.14. The first kappa shape index (κ1) is 20.6. The third-order valence-corrected chi connectivity index (χ3v) is 9.00. The lowest BCUT2D eigenvalue weighted by Crippen LogP contribution is -1.94. The Kier molecular flexibility index (Phi) is 4.83. The number of rotatable bonds is 4. The molecule has 0 saturated heterocycles. The Morgan fingerprint density at radius 2 is 1.40 bits per heavy atom. The summed E-state index contributed by atoms with van der Waals surface area (Å²) < 4.78 is 4.98. The van der Waals surface area contributed by atoms with E-state index in [1.54, 1.807) is 0 Å². The number of nitrogens with zero attached hydrogens (tertiary/aromatic N) is 1. The van der Waals surface area contributed by atoms with Gasteiger partial charge in [0.15, 0.2) is 0 Å². The van der Waals surface area contributed by atoms with Gasteiger partial charge in [0.1, 0.15) is 0 Å². The molecular weight excluding hydrogens is 464 g/mol. The lowest BCUT2D eigenvalue weighted by Gasteiger charge is -2.10. The van der Waals surface area contributed by atoms with Crippen LogP contribution < -0.4 is 5.73 Å². The number of para-hydroxylation sites is 2. The molecule has 0 aliphatic heterocycles. The first-order valence-corrected chi connectivity index (χ1v) is 13.5. The molecule has 2 N–H and O–H groups in total. The number of thiophene rings is 1. The molecule has 0 unspecified atom stereocenters. The van der Waals surface area contributed by atoms with Crippen LogP contribution >= 0.6 is 23.1 Å². The lowest BCUT2D eigenvalue weighted by atomic mass is 10.1. The van der Waals surface area contributed by atoms with Gasteiger partial charge in [-0.3, -0.25) is 0 Å². The number of nitrogens with two attached hydrogens (primary N) is 1. The van der Waals surface area contributed by atoms with Crippen LogP contribution in [0.3, 0.4) is 0 Å². The van der Waals surface area contributed by atoms with Gasteiger partial charge in [0.2, 0.25) is 0 Å². The average molecular weight is 487 g/mol. The minimum Gasteiger partial charge on any atom is -0.398 e. The number of aromatic nitrogens is 1. The maximum Gasteiger partial charge on any atom is 0.0544 e. The van der Waals surface area contributed by atoms with E-state index in [4.69, 9.17) is 5.73 Å². The van der Waals surface area contributed by atoms with Gasteiger partial charge in [0, 0.05) is 53.0 Å². The molecule has 7 aromatic rings. The molecule has 0 spiro atoms. The summed E-state index contributed by atoms with van der Waals surface area (Å²) in [7, 11) is 0. The van der Waals surface area contributed by atoms with Crippen LogP contribution in [0.25, 0.3) is 47.7 Å². The topological polar surface area (TPSA) is 30.9 Å². The van der Waals surface area contributed by atoms with E-state index in [0.717, 1.165) is 11.4 Å². The highest BCUT2D eigenvalue weighted by Crippen LogP contribution is 2.43. The summed E-state index contributed by atoms with van der Waals surface area (Å²) in [5.74, 6) is 0.861. The highest BCUT2D eigenvalue weighted by Gasteiger charge is 2.15. The molecule has 35 heavy (non-hydrogen) atoms. The molecule has 0 aliphatic carbocycles. The van der Waals surface area contributed by atoms with Crippen molar-refractivity contribution in [3.63, 3.8) is 0 Å². The fraction of sp³-hybridized carbons (Fsp3) is 0.0323. The van der Waals surface area contributed by atoms with Gasteiger partial charge >= 0.3 is 0 Å². The van der Waals surface area contributed by atoms with Crippen molar-refractivity contribution in [1.82, 2.24) is 4.57 Å². The highest BCUT2D eigenvalue weighted by atomic mass is 32.2. The van der Waals surface area contributed by atoms with Gasteiger partial charge in [-0.15, -0.1) is 23.1 Å². The summed E-state index contributed by atoms with van der Waals surface area (Å²) in [5.41, 5.74) is 12.3. The first-order chi connectivity index (χ1) is 17.3. The van der Waals surface area contributed by atoms with Crippen LogP contribution in [0.4, 0.5) is 5.69 Å². The zero-order valence-electron chi connectivity index (χ0n) is 18.9. The third kappa shape index (κ3) is 3.33. The average Bonchev–Trinajstić information content (AvgIpc) is 3.44. The van der Waals surface area contributed by atoms with E-state index in [2.05, 4.69) is 114 Å². The third-order valence-electron chi connectivity index (χ3n) is 6.66. The molecule has 168 valence electrons. The van der Waals surface area contributed by atoms with Crippen molar-refractivity contribution in [2.45, 2.75) is 10.6 Å². The van der Waals surface area contributed by atoms with Crippen LogP contribution in [0.1, 0.15) is 5.56 Å². The molecule has 0 bridgehead atoms. The van der Waals surface area contributed by atoms with Gasteiger partial charge in [0.25, 0.3) is 0 Å². The fourth-order valence-electron chi connectivity index (χ4n) is 5.07. The molecule has 0 saturated carbocycles. The highest BCUT2D eigenvalue weighted by molar-refractivity contribution is 7.99. The van der Waals surface area contributed by atoms with Crippen molar-refractivity contribution in [3.8, 4) is 5.69 Å². The summed E-state index contributed by atoms with van der Waals surface area (Å²) in [4.78, 5) is 1.18. The molecule has 0 amide bonds. The van der Waals surface area contributed by atoms with E-state index < -0.39 is 0 Å². The maximum atomic E-state index is 6.52. The molecule has 0 fully saturated rings. The fourth-order valence-corrected chi connectivity index (χ4v) is 7.34. The van der Waals surface area contributed by atoms with Gasteiger partial charge in [-0.25, -0.2) is 0 Å². The number of benzene rings is 5. The van der Waals surface area contributed by atoms with Gasteiger partial charge in [-0.05, 0) is 48.0 Å². The number of hydrogen-bond donors (Lipinski definition) is 1. The number of anilines is 1. The molecule has 0 aliphatic rings. The van der Waals surface area contributed by atoms with Gasteiger partial charge in [-0.2, -0.15) is 0 Å². The van der Waals surface area contributed by atoms with Crippen LogP contribution in [-0.4, -0.2) is 4.57 Å². The van der Waals surface area contributed by atoms with Crippen molar-refractivity contribution < 1.29 is 0 Å².